The number of nitrogens with zero attached hydrogens (tertiary/aromatic N) is 5. The van der Waals surface area contributed by atoms with Crippen LogP contribution < -0.4 is 15.1 Å². The van der Waals surface area contributed by atoms with Gasteiger partial charge in [0.05, 0.1) is 0 Å². The van der Waals surface area contributed by atoms with Gasteiger partial charge in [0.2, 0.25) is 11.9 Å². The normalized spacial score (nSPS) is 21.8. The lowest BCUT2D eigenvalue weighted by Gasteiger charge is -2.35. The van der Waals surface area contributed by atoms with Crippen LogP contribution in [0.5, 0.6) is 0 Å². The average Bonchev–Trinajstić information content (AvgIpc) is 3.73. The number of aromatic nitrogens is 4. The minimum Gasteiger partial charge on any atom is -0.353 e. The van der Waals surface area contributed by atoms with E-state index in [0.717, 1.165) is 56.1 Å². The number of rotatable bonds is 7. The SMILES string of the molecule is CN(c1cc(C2CCCC2)[nH]n1)c1ccnc(N(C)C2CCC(NC(=O)C3Cc4ccccc4C3)CC2)n1. The van der Waals surface area contributed by atoms with Crippen molar-refractivity contribution in [2.75, 3.05) is 23.9 Å². The van der Waals surface area contributed by atoms with Gasteiger partial charge < -0.3 is 15.1 Å². The number of nitrogens with one attached hydrogen (secondary N) is 2. The Morgan fingerprint density at radius 3 is 2.37 bits per heavy atom. The molecule has 3 aliphatic rings. The van der Waals surface area contributed by atoms with Gasteiger partial charge in [-0.25, -0.2) is 4.98 Å². The molecule has 2 saturated carbocycles. The fourth-order valence-electron chi connectivity index (χ4n) is 6.59. The summed E-state index contributed by atoms with van der Waals surface area (Å²) in [6.07, 6.45) is 12.7. The van der Waals surface area contributed by atoms with Crippen molar-refractivity contribution in [1.29, 1.82) is 0 Å². The molecule has 2 aromatic heterocycles. The van der Waals surface area contributed by atoms with Crippen molar-refractivity contribution in [3.8, 4) is 0 Å². The Morgan fingerprint density at radius 1 is 0.947 bits per heavy atom. The Labute approximate surface area is 225 Å². The number of hydrogen-bond donors (Lipinski definition) is 2. The Morgan fingerprint density at radius 2 is 1.66 bits per heavy atom. The summed E-state index contributed by atoms with van der Waals surface area (Å²) >= 11 is 0. The van der Waals surface area contributed by atoms with Crippen LogP contribution in [-0.2, 0) is 17.6 Å². The Kier molecular flexibility index (Phi) is 7.04. The summed E-state index contributed by atoms with van der Waals surface area (Å²) in [7, 11) is 4.10. The maximum absolute atomic E-state index is 13.0. The molecule has 0 spiro atoms. The third-order valence-electron chi connectivity index (χ3n) is 9.02. The molecule has 0 bridgehead atoms. The van der Waals surface area contributed by atoms with Crippen molar-refractivity contribution in [2.45, 2.75) is 82.2 Å². The molecule has 0 unspecified atom stereocenters. The maximum atomic E-state index is 13.0. The molecule has 0 saturated heterocycles. The monoisotopic (exact) mass is 513 g/mol. The van der Waals surface area contributed by atoms with Crippen LogP contribution in [0.3, 0.4) is 0 Å². The first-order valence-corrected chi connectivity index (χ1v) is 14.3. The molecular weight excluding hydrogens is 474 g/mol. The topological polar surface area (TPSA) is 90.0 Å². The highest BCUT2D eigenvalue weighted by atomic mass is 16.1. The lowest BCUT2D eigenvalue weighted by molar-refractivity contribution is -0.125. The molecule has 2 fully saturated rings. The first kappa shape index (κ1) is 24.9. The Hall–Kier alpha value is -3.42. The van der Waals surface area contributed by atoms with Gasteiger partial charge in [-0.3, -0.25) is 9.89 Å². The lowest BCUT2D eigenvalue weighted by Crippen LogP contribution is -2.45. The highest BCUT2D eigenvalue weighted by molar-refractivity contribution is 5.80. The van der Waals surface area contributed by atoms with Crippen molar-refractivity contribution >= 4 is 23.5 Å². The Balaban J connectivity index is 1.03. The van der Waals surface area contributed by atoms with E-state index in [1.54, 1.807) is 0 Å². The van der Waals surface area contributed by atoms with E-state index >= 15 is 0 Å². The third kappa shape index (κ3) is 5.13. The number of H-pyrrole nitrogens is 1. The van der Waals surface area contributed by atoms with Crippen LogP contribution in [0.25, 0.3) is 0 Å². The van der Waals surface area contributed by atoms with E-state index in [9.17, 15) is 4.79 Å². The van der Waals surface area contributed by atoms with Gasteiger partial charge in [0.15, 0.2) is 5.82 Å². The van der Waals surface area contributed by atoms with Crippen LogP contribution in [0, 0.1) is 5.92 Å². The number of benzene rings is 1. The molecule has 6 rings (SSSR count). The van der Waals surface area contributed by atoms with Gasteiger partial charge in [0, 0.05) is 56.0 Å². The van der Waals surface area contributed by atoms with Gasteiger partial charge in [-0.2, -0.15) is 10.1 Å². The summed E-state index contributed by atoms with van der Waals surface area (Å²) in [5.41, 5.74) is 3.89. The number of anilines is 3. The van der Waals surface area contributed by atoms with Crippen LogP contribution >= 0.6 is 0 Å². The van der Waals surface area contributed by atoms with Crippen molar-refractivity contribution < 1.29 is 4.79 Å². The summed E-state index contributed by atoms with van der Waals surface area (Å²) in [6, 6.07) is 13.2. The van der Waals surface area contributed by atoms with Gasteiger partial charge >= 0.3 is 0 Å². The molecule has 200 valence electrons. The van der Waals surface area contributed by atoms with Crippen LogP contribution in [0.15, 0.2) is 42.6 Å². The van der Waals surface area contributed by atoms with Crippen LogP contribution in [0.1, 0.15) is 74.1 Å². The first-order chi connectivity index (χ1) is 18.5. The lowest BCUT2D eigenvalue weighted by atomic mass is 9.90. The summed E-state index contributed by atoms with van der Waals surface area (Å²) in [6.45, 7) is 0. The highest BCUT2D eigenvalue weighted by Gasteiger charge is 2.31. The minimum absolute atomic E-state index is 0.0738. The third-order valence-corrected chi connectivity index (χ3v) is 9.02. The molecule has 38 heavy (non-hydrogen) atoms. The zero-order chi connectivity index (χ0) is 26.1. The molecule has 1 aromatic carbocycles. The van der Waals surface area contributed by atoms with E-state index < -0.39 is 0 Å². The second-order valence-corrected chi connectivity index (χ2v) is 11.4. The van der Waals surface area contributed by atoms with E-state index in [-0.39, 0.29) is 17.9 Å². The van der Waals surface area contributed by atoms with E-state index in [1.165, 1.54) is 42.5 Å². The van der Waals surface area contributed by atoms with E-state index in [0.29, 0.717) is 12.0 Å². The number of hydrogen-bond acceptors (Lipinski definition) is 6. The molecule has 0 aliphatic heterocycles. The molecule has 0 atom stereocenters. The van der Waals surface area contributed by atoms with E-state index in [4.69, 9.17) is 4.98 Å². The largest absolute Gasteiger partial charge is 0.353 e. The standard InChI is InChI=1S/C30H39N7O/c1-36(25-13-11-24(12-14-25)32-29(38)23-17-21-9-5-6-10-22(21)18-23)30-31-16-15-27(33-30)37(2)28-19-26(34-35-28)20-7-3-4-8-20/h5-6,9-10,15-16,19-20,23-25H,3-4,7-8,11-14,17-18H2,1-2H3,(H,32,38)(H,34,35). The van der Waals surface area contributed by atoms with Crippen LogP contribution in [0.4, 0.5) is 17.6 Å². The summed E-state index contributed by atoms with van der Waals surface area (Å²) in [5, 5.41) is 11.2. The quantitative estimate of drug-likeness (QED) is 0.467. The molecule has 8 nitrogen and oxygen atoms in total. The van der Waals surface area contributed by atoms with Crippen molar-refractivity contribution in [2.24, 2.45) is 5.92 Å². The molecule has 3 aromatic rings. The van der Waals surface area contributed by atoms with E-state index in [2.05, 4.69) is 62.8 Å². The van der Waals surface area contributed by atoms with Gasteiger partial charge in [0.1, 0.15) is 5.82 Å². The summed E-state index contributed by atoms with van der Waals surface area (Å²) in [4.78, 5) is 26.7. The highest BCUT2D eigenvalue weighted by Crippen LogP contribution is 2.35. The van der Waals surface area contributed by atoms with Gasteiger partial charge in [-0.05, 0) is 68.6 Å². The Bertz CT molecular complexity index is 1230. The predicted molar refractivity (Wildman–Crippen MR) is 150 cm³/mol. The number of aromatic amines is 1. The molecule has 2 heterocycles. The minimum atomic E-state index is 0.0738. The van der Waals surface area contributed by atoms with Gasteiger partial charge in [-0.15, -0.1) is 0 Å². The number of fused-ring (bicyclic) bond motifs is 1. The fraction of sp³-hybridized carbons (Fsp3) is 0.533. The number of amides is 1. The smallest absolute Gasteiger partial charge is 0.227 e. The molecule has 8 heteroatoms. The zero-order valence-electron chi connectivity index (χ0n) is 22.6. The number of carbonyl (C=O) groups excluding carboxylic acids is 1. The summed E-state index contributed by atoms with van der Waals surface area (Å²) < 4.78 is 0. The molecule has 1 amide bonds. The van der Waals surface area contributed by atoms with Crippen molar-refractivity contribution in [3.05, 3.63) is 59.4 Å². The predicted octanol–water partition coefficient (Wildman–Crippen LogP) is 4.90. The first-order valence-electron chi connectivity index (χ1n) is 14.3. The van der Waals surface area contributed by atoms with E-state index in [1.807, 2.05) is 24.2 Å². The fourth-order valence-corrected chi connectivity index (χ4v) is 6.59. The van der Waals surface area contributed by atoms with Gasteiger partial charge in [-0.1, -0.05) is 37.1 Å². The van der Waals surface area contributed by atoms with Crippen molar-refractivity contribution in [1.82, 2.24) is 25.5 Å². The molecular formula is C30H39N7O. The van der Waals surface area contributed by atoms with Crippen molar-refractivity contribution in [3.63, 3.8) is 0 Å². The van der Waals surface area contributed by atoms with Crippen LogP contribution in [-0.4, -0.2) is 52.3 Å². The second kappa shape index (κ2) is 10.8. The van der Waals surface area contributed by atoms with Crippen LogP contribution in [0.2, 0.25) is 0 Å². The van der Waals surface area contributed by atoms with Gasteiger partial charge in [0.25, 0.3) is 0 Å². The maximum Gasteiger partial charge on any atom is 0.227 e. The molecule has 2 N–H and O–H groups in total. The summed E-state index contributed by atoms with van der Waals surface area (Å²) in [5.74, 6) is 3.35. The second-order valence-electron chi connectivity index (χ2n) is 11.4. The zero-order valence-corrected chi connectivity index (χ0v) is 22.6. The molecule has 0 radical (unpaired) electrons. The average molecular weight is 514 g/mol. The molecule has 3 aliphatic carbocycles. The number of carbonyl (C=O) groups is 1.